The molecule has 2 N–H and O–H groups in total. The van der Waals surface area contributed by atoms with Gasteiger partial charge in [-0.15, -0.1) is 0 Å². The van der Waals surface area contributed by atoms with Crippen LogP contribution < -0.4 is 4.72 Å². The Kier molecular flexibility index (Phi) is 6.43. The van der Waals surface area contributed by atoms with Gasteiger partial charge in [-0.05, 0) is 5.56 Å². The largest absolute Gasteiger partial charge is 0.395 e. The third kappa shape index (κ3) is 5.22. The van der Waals surface area contributed by atoms with E-state index in [1.165, 1.54) is 0 Å². The van der Waals surface area contributed by atoms with Crippen LogP contribution >= 0.6 is 0 Å². The van der Waals surface area contributed by atoms with Crippen molar-refractivity contribution >= 4 is 10.0 Å². The van der Waals surface area contributed by atoms with Gasteiger partial charge in [-0.25, -0.2) is 13.1 Å². The normalized spacial score (nSPS) is 27.6. The van der Waals surface area contributed by atoms with E-state index in [1.54, 1.807) is 0 Å². The van der Waals surface area contributed by atoms with Crippen molar-refractivity contribution in [3.63, 3.8) is 0 Å². The predicted molar refractivity (Wildman–Crippen MR) is 95.7 cm³/mol. The summed E-state index contributed by atoms with van der Waals surface area (Å²) in [6.45, 7) is 5.04. The van der Waals surface area contributed by atoms with Crippen LogP contribution in [0, 0.1) is 0 Å². The Balaban J connectivity index is 1.54. The highest BCUT2D eigenvalue weighted by molar-refractivity contribution is 7.89. The van der Waals surface area contributed by atoms with Crippen LogP contribution in [-0.2, 0) is 21.4 Å². The van der Waals surface area contributed by atoms with Gasteiger partial charge in [0.05, 0.1) is 31.6 Å². The highest BCUT2D eigenvalue weighted by Crippen LogP contribution is 2.18. The molecule has 1 aromatic rings. The lowest BCUT2D eigenvalue weighted by Crippen LogP contribution is -2.55. The van der Waals surface area contributed by atoms with Gasteiger partial charge in [-0.2, -0.15) is 0 Å². The van der Waals surface area contributed by atoms with E-state index in [0.717, 1.165) is 31.7 Å². The van der Waals surface area contributed by atoms with Crippen molar-refractivity contribution in [3.05, 3.63) is 35.9 Å². The van der Waals surface area contributed by atoms with Gasteiger partial charge in [0, 0.05) is 38.8 Å². The average molecular weight is 369 g/mol. The van der Waals surface area contributed by atoms with Crippen molar-refractivity contribution in [1.82, 2.24) is 14.5 Å². The number of nitrogens with one attached hydrogen (secondary N) is 1. The highest BCUT2D eigenvalue weighted by Gasteiger charge is 2.41. The molecule has 2 aliphatic rings. The van der Waals surface area contributed by atoms with E-state index in [1.807, 2.05) is 30.3 Å². The summed E-state index contributed by atoms with van der Waals surface area (Å²) in [4.78, 5) is 4.44. The number of aliphatic hydroxyl groups is 1. The number of rotatable bonds is 7. The Hall–Kier alpha value is -1.03. The molecule has 0 bridgehead atoms. The average Bonchev–Trinajstić information content (AvgIpc) is 2.92. The Morgan fingerprint density at radius 2 is 1.88 bits per heavy atom. The van der Waals surface area contributed by atoms with Crippen LogP contribution in [0.5, 0.6) is 0 Å². The van der Waals surface area contributed by atoms with Crippen LogP contribution in [0.4, 0.5) is 0 Å². The zero-order valence-corrected chi connectivity index (χ0v) is 15.2. The second-order valence-corrected chi connectivity index (χ2v) is 8.47. The SMILES string of the molecule is O=S1(=O)CC(N2CCN(CCO)CC2)C(COCc2ccccc2)N1. The number of aliphatic hydroxyl groups excluding tert-OH is 1. The molecule has 0 saturated carbocycles. The predicted octanol–water partition coefficient (Wildman–Crippen LogP) is -0.517. The first-order valence-corrected chi connectivity index (χ1v) is 10.4. The van der Waals surface area contributed by atoms with Crippen molar-refractivity contribution in [3.8, 4) is 0 Å². The fourth-order valence-electron chi connectivity index (χ4n) is 3.54. The van der Waals surface area contributed by atoms with Crippen LogP contribution in [0.1, 0.15) is 5.56 Å². The molecule has 25 heavy (non-hydrogen) atoms. The number of β-amino-alcohol motifs (C(OH)–C–C–N with tert-alkyl or cyclic N) is 1. The van der Waals surface area contributed by atoms with Crippen molar-refractivity contribution in [2.75, 3.05) is 51.7 Å². The standard InChI is InChI=1S/C17H27N3O4S/c21-11-10-19-6-8-20(9-7-19)17-14-25(22,23)18-16(17)13-24-12-15-4-2-1-3-5-15/h1-5,16-18,21H,6-14H2. The van der Waals surface area contributed by atoms with Crippen molar-refractivity contribution < 1.29 is 18.3 Å². The topological polar surface area (TPSA) is 82.1 Å². The van der Waals surface area contributed by atoms with E-state index in [2.05, 4.69) is 14.5 Å². The fraction of sp³-hybridized carbons (Fsp3) is 0.647. The molecular formula is C17H27N3O4S. The Morgan fingerprint density at radius 1 is 1.16 bits per heavy atom. The number of piperazine rings is 1. The zero-order valence-electron chi connectivity index (χ0n) is 14.4. The molecule has 2 unspecified atom stereocenters. The molecule has 0 amide bonds. The van der Waals surface area contributed by atoms with Gasteiger partial charge in [0.2, 0.25) is 10.0 Å². The van der Waals surface area contributed by atoms with Crippen LogP contribution in [-0.4, -0.2) is 87.1 Å². The van der Waals surface area contributed by atoms with Crippen LogP contribution in [0.2, 0.25) is 0 Å². The summed E-state index contributed by atoms with van der Waals surface area (Å²) in [6.07, 6.45) is 0. The number of benzene rings is 1. The van der Waals surface area contributed by atoms with Gasteiger partial charge in [0.25, 0.3) is 0 Å². The van der Waals surface area contributed by atoms with Gasteiger partial charge in [0.1, 0.15) is 0 Å². The minimum atomic E-state index is -3.24. The van der Waals surface area contributed by atoms with E-state index in [9.17, 15) is 8.42 Å². The highest BCUT2D eigenvalue weighted by atomic mass is 32.2. The van der Waals surface area contributed by atoms with Gasteiger partial charge in [-0.1, -0.05) is 30.3 Å². The molecule has 3 rings (SSSR count). The summed E-state index contributed by atoms with van der Waals surface area (Å²) in [5, 5.41) is 9.04. The second-order valence-electron chi connectivity index (χ2n) is 6.68. The maximum atomic E-state index is 12.1. The number of hydrogen-bond acceptors (Lipinski definition) is 6. The minimum Gasteiger partial charge on any atom is -0.395 e. The van der Waals surface area contributed by atoms with E-state index >= 15 is 0 Å². The molecule has 0 radical (unpaired) electrons. The van der Waals surface area contributed by atoms with Gasteiger partial charge in [-0.3, -0.25) is 9.80 Å². The lowest BCUT2D eigenvalue weighted by atomic mass is 10.1. The van der Waals surface area contributed by atoms with E-state index in [4.69, 9.17) is 9.84 Å². The number of nitrogens with zero attached hydrogens (tertiary/aromatic N) is 2. The van der Waals surface area contributed by atoms with Gasteiger partial charge in [0.15, 0.2) is 0 Å². The Morgan fingerprint density at radius 3 is 2.56 bits per heavy atom. The molecule has 1 aromatic carbocycles. The molecule has 2 saturated heterocycles. The summed E-state index contributed by atoms with van der Waals surface area (Å²) in [5.74, 6) is 0.131. The van der Waals surface area contributed by atoms with E-state index < -0.39 is 10.0 Å². The molecular weight excluding hydrogens is 342 g/mol. The van der Waals surface area contributed by atoms with Crippen LogP contribution in [0.25, 0.3) is 0 Å². The minimum absolute atomic E-state index is 0.0583. The number of sulfonamides is 1. The first kappa shape index (κ1) is 18.8. The molecule has 2 aliphatic heterocycles. The fourth-order valence-corrected chi connectivity index (χ4v) is 5.22. The lowest BCUT2D eigenvalue weighted by molar-refractivity contribution is 0.0500. The molecule has 2 atom stereocenters. The second kappa shape index (κ2) is 8.57. The molecule has 140 valence electrons. The molecule has 2 fully saturated rings. The maximum absolute atomic E-state index is 12.1. The third-order valence-corrected chi connectivity index (χ3v) is 6.33. The number of hydrogen-bond donors (Lipinski definition) is 2. The zero-order chi connectivity index (χ0) is 17.7. The maximum Gasteiger partial charge on any atom is 0.213 e. The van der Waals surface area contributed by atoms with E-state index in [-0.39, 0.29) is 24.4 Å². The lowest BCUT2D eigenvalue weighted by Gasteiger charge is -2.39. The van der Waals surface area contributed by atoms with Crippen LogP contribution in [0.15, 0.2) is 30.3 Å². The van der Waals surface area contributed by atoms with Crippen molar-refractivity contribution in [2.24, 2.45) is 0 Å². The molecule has 8 heteroatoms. The molecule has 2 heterocycles. The first-order valence-electron chi connectivity index (χ1n) is 8.76. The summed E-state index contributed by atoms with van der Waals surface area (Å²) in [5.41, 5.74) is 1.08. The molecule has 0 aromatic heterocycles. The first-order chi connectivity index (χ1) is 12.1. The molecule has 7 nitrogen and oxygen atoms in total. The van der Waals surface area contributed by atoms with Crippen molar-refractivity contribution in [2.45, 2.75) is 18.7 Å². The Bertz CT molecular complexity index is 633. The smallest absolute Gasteiger partial charge is 0.213 e. The van der Waals surface area contributed by atoms with E-state index in [0.29, 0.717) is 19.8 Å². The number of ether oxygens (including phenoxy) is 1. The summed E-state index contributed by atoms with van der Waals surface area (Å²) in [6, 6.07) is 9.61. The van der Waals surface area contributed by atoms with Crippen LogP contribution in [0.3, 0.4) is 0 Å². The summed E-state index contributed by atoms with van der Waals surface area (Å²) < 4.78 is 32.6. The third-order valence-electron chi connectivity index (χ3n) is 4.89. The Labute approximate surface area is 149 Å². The van der Waals surface area contributed by atoms with Gasteiger partial charge < -0.3 is 9.84 Å². The summed E-state index contributed by atoms with van der Waals surface area (Å²) in [7, 11) is -3.24. The molecule has 0 spiro atoms. The summed E-state index contributed by atoms with van der Waals surface area (Å²) >= 11 is 0. The van der Waals surface area contributed by atoms with Gasteiger partial charge >= 0.3 is 0 Å². The monoisotopic (exact) mass is 369 g/mol. The molecule has 0 aliphatic carbocycles. The van der Waals surface area contributed by atoms with Crippen molar-refractivity contribution in [1.29, 1.82) is 0 Å². The quantitative estimate of drug-likeness (QED) is 0.673.